The number of piperidine rings is 1. The topological polar surface area (TPSA) is 146 Å². The molecule has 2 aliphatic rings. The number of nitrogens with two attached hydrogens (primary N) is 1. The van der Waals surface area contributed by atoms with Crippen LogP contribution < -0.4 is 21.2 Å². The lowest BCUT2D eigenvalue weighted by atomic mass is 9.84. The van der Waals surface area contributed by atoms with E-state index in [0.717, 1.165) is 19.4 Å². The lowest BCUT2D eigenvalue weighted by Gasteiger charge is -2.36. The second-order valence-electron chi connectivity index (χ2n) is 9.79. The molecule has 2 aliphatic heterocycles. The molecule has 2 saturated heterocycles. The first-order valence-electron chi connectivity index (χ1n) is 12.3. The number of nitrogens with zero attached hydrogens (tertiary/aromatic N) is 2. The number of carbonyl (C=O) groups is 2. The Balaban J connectivity index is 1.78. The van der Waals surface area contributed by atoms with Gasteiger partial charge < -0.3 is 21.4 Å². The van der Waals surface area contributed by atoms with Gasteiger partial charge in [-0.15, -0.1) is 0 Å². The highest BCUT2D eigenvalue weighted by Gasteiger charge is 2.38. The van der Waals surface area contributed by atoms with Crippen LogP contribution in [0, 0.1) is 11.8 Å². The molecule has 5 N–H and O–H groups in total. The van der Waals surface area contributed by atoms with E-state index in [-0.39, 0.29) is 28.6 Å². The average molecular weight is 507 g/mol. The Hall–Kier alpha value is -2.50. The molecule has 2 heterocycles. The summed E-state index contributed by atoms with van der Waals surface area (Å²) in [5.41, 5.74) is 0. The first-order valence-corrected chi connectivity index (χ1v) is 13.8. The van der Waals surface area contributed by atoms with Crippen molar-refractivity contribution in [3.05, 3.63) is 30.3 Å². The minimum absolute atomic E-state index is 0.0315. The molecule has 10 nitrogen and oxygen atoms in total. The van der Waals surface area contributed by atoms with Gasteiger partial charge in [-0.25, -0.2) is 8.42 Å². The molecule has 3 atom stereocenters. The van der Waals surface area contributed by atoms with Crippen molar-refractivity contribution in [2.75, 3.05) is 19.6 Å². The van der Waals surface area contributed by atoms with E-state index in [2.05, 4.69) is 20.5 Å². The fourth-order valence-corrected chi connectivity index (χ4v) is 6.05. The van der Waals surface area contributed by atoms with E-state index >= 15 is 0 Å². The van der Waals surface area contributed by atoms with Gasteiger partial charge in [-0.3, -0.25) is 9.59 Å². The fourth-order valence-electron chi connectivity index (χ4n) is 4.82. The monoisotopic (exact) mass is 506 g/mol. The molecule has 0 bridgehead atoms. The molecule has 0 aliphatic carbocycles. The predicted octanol–water partition coefficient (Wildman–Crippen LogP) is 0.800. The number of likely N-dealkylation sites (tertiary alicyclic amines) is 1. The maximum atomic E-state index is 13.5. The highest BCUT2D eigenvalue weighted by Crippen LogP contribution is 2.24. The molecule has 0 spiro atoms. The zero-order valence-electron chi connectivity index (χ0n) is 20.5. The Morgan fingerprint density at radius 2 is 1.89 bits per heavy atom. The normalized spacial score (nSPS) is 21.3. The van der Waals surface area contributed by atoms with E-state index in [4.69, 9.17) is 5.84 Å². The van der Waals surface area contributed by atoms with Crippen molar-refractivity contribution in [2.24, 2.45) is 22.8 Å². The molecule has 0 radical (unpaired) electrons. The standard InChI is InChI=1S/C24H38N6O4S/c1-17(2)15-21(29-35(33,34)19-7-4-3-5-8-19)24(32)28-22(23(31)20-9-6-12-26-20)18-10-13-30(14-11-18)16-27-25/h3-5,7-8,16-18,20-22,26,29H,6,9-15,25H2,1-2H3,(H,28,32)/t20-,21+,22?/m0/s1. The minimum Gasteiger partial charge on any atom is -0.361 e. The number of sulfonamides is 1. The lowest BCUT2D eigenvalue weighted by Crippen LogP contribution is -2.58. The van der Waals surface area contributed by atoms with Crippen molar-refractivity contribution in [1.29, 1.82) is 0 Å². The second kappa shape index (κ2) is 12.5. The van der Waals surface area contributed by atoms with Crippen LogP contribution in [-0.2, 0) is 19.6 Å². The summed E-state index contributed by atoms with van der Waals surface area (Å²) in [7, 11) is -3.90. The van der Waals surface area contributed by atoms with Gasteiger partial charge in [0.05, 0.1) is 17.0 Å². The Morgan fingerprint density at radius 3 is 2.46 bits per heavy atom. The van der Waals surface area contributed by atoms with Gasteiger partial charge in [0.15, 0.2) is 5.78 Å². The van der Waals surface area contributed by atoms with Crippen LogP contribution in [0.4, 0.5) is 0 Å². The smallest absolute Gasteiger partial charge is 0.241 e. The number of benzene rings is 1. The van der Waals surface area contributed by atoms with Crippen LogP contribution in [0.1, 0.15) is 46.0 Å². The van der Waals surface area contributed by atoms with Gasteiger partial charge in [0.2, 0.25) is 15.9 Å². The zero-order valence-corrected chi connectivity index (χ0v) is 21.3. The summed E-state index contributed by atoms with van der Waals surface area (Å²) in [4.78, 5) is 29.0. The second-order valence-corrected chi connectivity index (χ2v) is 11.5. The van der Waals surface area contributed by atoms with E-state index in [1.807, 2.05) is 18.7 Å². The highest BCUT2D eigenvalue weighted by molar-refractivity contribution is 7.89. The van der Waals surface area contributed by atoms with Crippen molar-refractivity contribution < 1.29 is 18.0 Å². The fraction of sp³-hybridized carbons (Fsp3) is 0.625. The minimum atomic E-state index is -3.90. The summed E-state index contributed by atoms with van der Waals surface area (Å²) in [6.07, 6.45) is 4.93. The molecule has 1 aromatic carbocycles. The quantitative estimate of drug-likeness (QED) is 0.150. The van der Waals surface area contributed by atoms with E-state index in [9.17, 15) is 18.0 Å². The van der Waals surface area contributed by atoms with Gasteiger partial charge >= 0.3 is 0 Å². The summed E-state index contributed by atoms with van der Waals surface area (Å²) in [5.74, 6) is 4.77. The van der Waals surface area contributed by atoms with Gasteiger partial charge in [0, 0.05) is 13.1 Å². The lowest BCUT2D eigenvalue weighted by molar-refractivity contribution is -0.131. The van der Waals surface area contributed by atoms with Crippen molar-refractivity contribution in [3.8, 4) is 0 Å². The molecule has 1 unspecified atom stereocenters. The average Bonchev–Trinajstić information content (AvgIpc) is 3.38. The van der Waals surface area contributed by atoms with Gasteiger partial charge in [-0.05, 0) is 62.6 Å². The van der Waals surface area contributed by atoms with E-state index < -0.39 is 28.0 Å². The number of hydrogen-bond acceptors (Lipinski definition) is 7. The summed E-state index contributed by atoms with van der Waals surface area (Å²) < 4.78 is 28.5. The first-order chi connectivity index (χ1) is 16.7. The van der Waals surface area contributed by atoms with Crippen molar-refractivity contribution >= 4 is 28.1 Å². The number of carbonyl (C=O) groups excluding carboxylic acids is 2. The molecule has 194 valence electrons. The maximum absolute atomic E-state index is 13.5. The summed E-state index contributed by atoms with van der Waals surface area (Å²) >= 11 is 0. The van der Waals surface area contributed by atoms with Crippen LogP contribution >= 0.6 is 0 Å². The largest absolute Gasteiger partial charge is 0.361 e. The third-order valence-electron chi connectivity index (χ3n) is 6.66. The van der Waals surface area contributed by atoms with Crippen LogP contribution in [0.2, 0.25) is 0 Å². The predicted molar refractivity (Wildman–Crippen MR) is 135 cm³/mol. The molecule has 35 heavy (non-hydrogen) atoms. The molecule has 2 fully saturated rings. The number of Topliss-reactive ketones (excluding diaryl/α,β-unsaturated/α-hetero) is 1. The maximum Gasteiger partial charge on any atom is 0.241 e. The Morgan fingerprint density at radius 1 is 1.20 bits per heavy atom. The van der Waals surface area contributed by atoms with Crippen LogP contribution in [0.5, 0.6) is 0 Å². The van der Waals surface area contributed by atoms with Crippen LogP contribution in [0.15, 0.2) is 40.3 Å². The highest BCUT2D eigenvalue weighted by atomic mass is 32.2. The van der Waals surface area contributed by atoms with Crippen molar-refractivity contribution in [3.63, 3.8) is 0 Å². The molecule has 0 saturated carbocycles. The zero-order chi connectivity index (χ0) is 25.4. The number of hydrazone groups is 1. The molecule has 0 aromatic heterocycles. The summed E-state index contributed by atoms with van der Waals surface area (Å²) in [6, 6.07) is 6.01. The van der Waals surface area contributed by atoms with Gasteiger partial charge in [-0.1, -0.05) is 32.0 Å². The number of amides is 1. The number of nitrogens with one attached hydrogen (secondary N) is 3. The van der Waals surface area contributed by atoms with Crippen LogP contribution in [-0.4, -0.2) is 69.1 Å². The summed E-state index contributed by atoms with van der Waals surface area (Å²) in [6.45, 7) is 5.99. The molecule has 1 amide bonds. The van der Waals surface area contributed by atoms with Gasteiger partial charge in [0.25, 0.3) is 0 Å². The molecular weight excluding hydrogens is 468 g/mol. The van der Waals surface area contributed by atoms with Gasteiger partial charge in [0.1, 0.15) is 12.4 Å². The molecule has 1 aromatic rings. The van der Waals surface area contributed by atoms with Crippen LogP contribution in [0.25, 0.3) is 0 Å². The van der Waals surface area contributed by atoms with Crippen molar-refractivity contribution in [2.45, 2.75) is 69.0 Å². The Bertz CT molecular complexity index is 971. The first kappa shape index (κ1) is 27.1. The third-order valence-corrected chi connectivity index (χ3v) is 8.15. The molecule has 3 rings (SSSR count). The Kier molecular flexibility index (Phi) is 9.64. The SMILES string of the molecule is CC(C)C[C@@H](NS(=O)(=O)c1ccccc1)C(=O)NC(C(=O)[C@@H]1CCCN1)C1CCN(C=NN)CC1. The number of ketones is 1. The third kappa shape index (κ3) is 7.49. The van der Waals surface area contributed by atoms with E-state index in [1.165, 1.54) is 12.1 Å². The molecule has 11 heteroatoms. The van der Waals surface area contributed by atoms with Crippen LogP contribution in [0.3, 0.4) is 0 Å². The van der Waals surface area contributed by atoms with Crippen molar-refractivity contribution in [1.82, 2.24) is 20.3 Å². The van der Waals surface area contributed by atoms with E-state index in [1.54, 1.807) is 24.5 Å². The summed E-state index contributed by atoms with van der Waals surface area (Å²) in [5, 5.41) is 9.77. The molecular formula is C24H38N6O4S. The van der Waals surface area contributed by atoms with Gasteiger partial charge in [-0.2, -0.15) is 9.82 Å². The Labute approximate surface area is 208 Å². The van der Waals surface area contributed by atoms with E-state index in [0.29, 0.717) is 32.4 Å². The number of rotatable bonds is 11. The number of hydrogen-bond donors (Lipinski definition) is 4.